The summed E-state index contributed by atoms with van der Waals surface area (Å²) in [6.45, 7) is 3.94. The Morgan fingerprint density at radius 1 is 1.25 bits per heavy atom. The van der Waals surface area contributed by atoms with Crippen LogP contribution in [0.1, 0.15) is 16.7 Å². The first-order chi connectivity index (χ1) is 11.4. The van der Waals surface area contributed by atoms with Crippen LogP contribution >= 0.6 is 0 Å². The van der Waals surface area contributed by atoms with Crippen molar-refractivity contribution in [3.63, 3.8) is 0 Å². The largest absolute Gasteiger partial charge is 0.494 e. The van der Waals surface area contributed by atoms with E-state index in [9.17, 15) is 14.3 Å². The van der Waals surface area contributed by atoms with Gasteiger partial charge in [-0.2, -0.15) is 0 Å². The number of H-pyrrole nitrogens is 1. The molecule has 0 unspecified atom stereocenters. The predicted molar refractivity (Wildman–Crippen MR) is 91.1 cm³/mol. The van der Waals surface area contributed by atoms with Gasteiger partial charge in [0.2, 0.25) is 0 Å². The quantitative estimate of drug-likeness (QED) is 0.754. The Morgan fingerprint density at radius 2 is 2.00 bits per heavy atom. The number of rotatable bonds is 4. The zero-order valence-corrected chi connectivity index (χ0v) is 13.7. The molecule has 0 radical (unpaired) electrons. The maximum Gasteiger partial charge on any atom is 0.307 e. The molecular formula is C19H18FNO3. The summed E-state index contributed by atoms with van der Waals surface area (Å²) in [5.41, 5.74) is 4.84. The molecule has 0 aliphatic carbocycles. The Hall–Kier alpha value is -2.82. The van der Waals surface area contributed by atoms with Crippen molar-refractivity contribution in [3.8, 4) is 17.0 Å². The van der Waals surface area contributed by atoms with Gasteiger partial charge in [-0.15, -0.1) is 0 Å². The first kappa shape index (κ1) is 16.1. The Balaban J connectivity index is 2.28. The van der Waals surface area contributed by atoms with Gasteiger partial charge in [-0.1, -0.05) is 11.6 Å². The zero-order valence-electron chi connectivity index (χ0n) is 13.7. The Bertz CT molecular complexity index is 943. The van der Waals surface area contributed by atoms with Gasteiger partial charge in [-0.3, -0.25) is 4.79 Å². The number of halogens is 1. The number of carboxylic acids is 1. The zero-order chi connectivity index (χ0) is 17.4. The van der Waals surface area contributed by atoms with E-state index in [2.05, 4.69) is 4.98 Å². The molecule has 1 heterocycles. The number of methoxy groups -OCH3 is 1. The summed E-state index contributed by atoms with van der Waals surface area (Å²) in [6, 6.07) is 8.61. The molecule has 0 bridgehead atoms. The molecule has 0 saturated carbocycles. The molecular weight excluding hydrogens is 309 g/mol. The topological polar surface area (TPSA) is 62.3 Å². The number of carbonyl (C=O) groups is 1. The van der Waals surface area contributed by atoms with Crippen molar-refractivity contribution >= 4 is 16.9 Å². The van der Waals surface area contributed by atoms with E-state index in [4.69, 9.17) is 4.74 Å². The summed E-state index contributed by atoms with van der Waals surface area (Å²) >= 11 is 0. The van der Waals surface area contributed by atoms with Crippen molar-refractivity contribution < 1.29 is 19.0 Å². The number of nitrogens with one attached hydrogen (secondary N) is 1. The van der Waals surface area contributed by atoms with Gasteiger partial charge < -0.3 is 14.8 Å². The number of ether oxygens (including phenoxy) is 1. The van der Waals surface area contributed by atoms with E-state index in [0.717, 1.165) is 22.0 Å². The van der Waals surface area contributed by atoms with Crippen LogP contribution in [-0.4, -0.2) is 23.2 Å². The third kappa shape index (κ3) is 2.73. The van der Waals surface area contributed by atoms with Crippen molar-refractivity contribution in [3.05, 3.63) is 52.8 Å². The SMILES string of the molecule is COc1ccc(-c2[nH]c3c(C)cc(C)cc3c2CC(=O)O)cc1F. The lowest BCUT2D eigenvalue weighted by Gasteiger charge is -2.06. The van der Waals surface area contributed by atoms with Crippen LogP contribution in [0.25, 0.3) is 22.2 Å². The summed E-state index contributed by atoms with van der Waals surface area (Å²) < 4.78 is 19.0. The second-order valence-electron chi connectivity index (χ2n) is 5.90. The lowest BCUT2D eigenvalue weighted by molar-refractivity contribution is -0.136. The maximum atomic E-state index is 14.1. The molecule has 0 saturated heterocycles. The van der Waals surface area contributed by atoms with Crippen LogP contribution in [0.15, 0.2) is 30.3 Å². The monoisotopic (exact) mass is 327 g/mol. The molecule has 0 fully saturated rings. The molecule has 3 rings (SSSR count). The first-order valence-electron chi connectivity index (χ1n) is 7.58. The lowest BCUT2D eigenvalue weighted by atomic mass is 10.00. The van der Waals surface area contributed by atoms with Crippen LogP contribution in [0.2, 0.25) is 0 Å². The summed E-state index contributed by atoms with van der Waals surface area (Å²) in [6.07, 6.45) is -0.133. The molecule has 4 nitrogen and oxygen atoms in total. The van der Waals surface area contributed by atoms with Crippen molar-refractivity contribution in [1.82, 2.24) is 4.98 Å². The fourth-order valence-electron chi connectivity index (χ4n) is 3.11. The highest BCUT2D eigenvalue weighted by molar-refractivity contribution is 5.95. The number of hydrogen-bond donors (Lipinski definition) is 2. The predicted octanol–water partition coefficient (Wildman–Crippen LogP) is 4.23. The highest BCUT2D eigenvalue weighted by Crippen LogP contribution is 2.34. The number of aromatic amines is 1. The molecule has 124 valence electrons. The molecule has 3 aromatic rings. The van der Waals surface area contributed by atoms with E-state index in [1.807, 2.05) is 26.0 Å². The molecule has 0 amide bonds. The molecule has 0 spiro atoms. The number of aromatic nitrogens is 1. The second-order valence-corrected chi connectivity index (χ2v) is 5.90. The molecule has 0 aliphatic rings. The Kier molecular flexibility index (Phi) is 4.01. The number of benzene rings is 2. The average Bonchev–Trinajstić information content (AvgIpc) is 2.85. The van der Waals surface area contributed by atoms with Crippen LogP contribution in [0.4, 0.5) is 4.39 Å². The van der Waals surface area contributed by atoms with E-state index in [1.54, 1.807) is 12.1 Å². The van der Waals surface area contributed by atoms with Crippen LogP contribution in [0.5, 0.6) is 5.75 Å². The van der Waals surface area contributed by atoms with Crippen LogP contribution in [0.3, 0.4) is 0 Å². The number of hydrogen-bond acceptors (Lipinski definition) is 2. The minimum atomic E-state index is -0.926. The number of aryl methyl sites for hydroxylation is 2. The minimum Gasteiger partial charge on any atom is -0.494 e. The lowest BCUT2D eigenvalue weighted by Crippen LogP contribution is -2.01. The van der Waals surface area contributed by atoms with Gasteiger partial charge in [-0.05, 0) is 49.2 Å². The van der Waals surface area contributed by atoms with Crippen molar-refractivity contribution in [2.75, 3.05) is 7.11 Å². The van der Waals surface area contributed by atoms with E-state index < -0.39 is 11.8 Å². The maximum absolute atomic E-state index is 14.1. The highest BCUT2D eigenvalue weighted by atomic mass is 19.1. The minimum absolute atomic E-state index is 0.133. The average molecular weight is 327 g/mol. The molecule has 2 N–H and O–H groups in total. The molecule has 5 heteroatoms. The van der Waals surface area contributed by atoms with E-state index in [-0.39, 0.29) is 12.2 Å². The van der Waals surface area contributed by atoms with Crippen molar-refractivity contribution in [2.45, 2.75) is 20.3 Å². The van der Waals surface area contributed by atoms with Gasteiger partial charge in [0.1, 0.15) is 0 Å². The Morgan fingerprint density at radius 3 is 2.62 bits per heavy atom. The van der Waals surface area contributed by atoms with Gasteiger partial charge in [0.15, 0.2) is 11.6 Å². The smallest absolute Gasteiger partial charge is 0.307 e. The third-order valence-corrected chi connectivity index (χ3v) is 4.13. The van der Waals surface area contributed by atoms with E-state index >= 15 is 0 Å². The molecule has 2 aromatic carbocycles. The molecule has 0 aliphatic heterocycles. The van der Waals surface area contributed by atoms with Gasteiger partial charge in [-0.25, -0.2) is 4.39 Å². The van der Waals surface area contributed by atoms with Gasteiger partial charge >= 0.3 is 5.97 Å². The summed E-state index contributed by atoms with van der Waals surface area (Å²) in [5.74, 6) is -1.25. The van der Waals surface area contributed by atoms with E-state index in [0.29, 0.717) is 16.8 Å². The van der Waals surface area contributed by atoms with Crippen molar-refractivity contribution in [1.29, 1.82) is 0 Å². The van der Waals surface area contributed by atoms with Gasteiger partial charge in [0.25, 0.3) is 0 Å². The number of fused-ring (bicyclic) bond motifs is 1. The van der Waals surface area contributed by atoms with Gasteiger partial charge in [0, 0.05) is 16.5 Å². The number of carboxylic acid groups (broad SMARTS) is 1. The Labute approximate surface area is 138 Å². The normalized spacial score (nSPS) is 11.0. The third-order valence-electron chi connectivity index (χ3n) is 4.13. The summed E-state index contributed by atoms with van der Waals surface area (Å²) in [4.78, 5) is 14.6. The van der Waals surface area contributed by atoms with Crippen molar-refractivity contribution in [2.24, 2.45) is 0 Å². The summed E-state index contributed by atoms with van der Waals surface area (Å²) in [7, 11) is 1.41. The summed E-state index contributed by atoms with van der Waals surface area (Å²) in [5, 5.41) is 10.1. The molecule has 1 aromatic heterocycles. The standard InChI is InChI=1S/C19H18FNO3/c1-10-6-11(2)18-13(7-10)14(9-17(22)23)19(21-18)12-4-5-16(24-3)15(20)8-12/h4-8,21H,9H2,1-3H3,(H,22,23). The van der Waals surface area contributed by atoms with E-state index in [1.165, 1.54) is 13.2 Å². The molecule has 24 heavy (non-hydrogen) atoms. The first-order valence-corrected chi connectivity index (χ1v) is 7.58. The molecule has 0 atom stereocenters. The fourth-order valence-corrected chi connectivity index (χ4v) is 3.11. The second kappa shape index (κ2) is 6.00. The highest BCUT2D eigenvalue weighted by Gasteiger charge is 2.18. The van der Waals surface area contributed by atoms with Gasteiger partial charge in [0.05, 0.1) is 19.2 Å². The van der Waals surface area contributed by atoms with Crippen LogP contribution < -0.4 is 4.74 Å². The number of aliphatic carboxylic acids is 1. The van der Waals surface area contributed by atoms with Crippen LogP contribution in [-0.2, 0) is 11.2 Å². The fraction of sp³-hybridized carbons (Fsp3) is 0.211. The van der Waals surface area contributed by atoms with Crippen LogP contribution in [0, 0.1) is 19.7 Å².